The van der Waals surface area contributed by atoms with Crippen LogP contribution < -0.4 is 4.90 Å². The molecule has 0 unspecified atom stereocenters. The molecule has 0 saturated carbocycles. The molecule has 0 saturated heterocycles. The van der Waals surface area contributed by atoms with Crippen molar-refractivity contribution in [2.45, 2.75) is 0 Å². The van der Waals surface area contributed by atoms with Crippen molar-refractivity contribution in [2.24, 2.45) is 0 Å². The van der Waals surface area contributed by atoms with Gasteiger partial charge in [0.1, 0.15) is 5.58 Å². The topological polar surface area (TPSA) is 34.2 Å². The lowest BCUT2D eigenvalue weighted by molar-refractivity contribution is 0.654. The van der Waals surface area contributed by atoms with Gasteiger partial charge < -0.3 is 13.9 Å². The molecule has 55 heavy (non-hydrogen) atoms. The average Bonchev–Trinajstić information content (AvgIpc) is 3.79. The second kappa shape index (κ2) is 12.6. The number of nitrogens with zero attached hydrogens (tertiary/aromatic N) is 3. The molecule has 0 bridgehead atoms. The van der Waals surface area contributed by atoms with Crippen LogP contribution in [0, 0.1) is 0 Å². The highest BCUT2D eigenvalue weighted by Crippen LogP contribution is 2.40. The Hall–Kier alpha value is -7.43. The molecule has 3 heterocycles. The molecule has 4 nitrogen and oxygen atoms in total. The first-order valence-corrected chi connectivity index (χ1v) is 18.6. The number of pyridine rings is 1. The second-order valence-corrected chi connectivity index (χ2v) is 14.1. The predicted octanol–water partition coefficient (Wildman–Crippen LogP) is 14.0. The first-order chi connectivity index (χ1) is 27.2. The van der Waals surface area contributed by atoms with Crippen LogP contribution in [0.3, 0.4) is 0 Å². The molecular weight excluding hydrogens is 671 g/mol. The highest BCUT2D eigenvalue weighted by atomic mass is 16.3. The van der Waals surface area contributed by atoms with Gasteiger partial charge in [-0.25, -0.2) is 4.98 Å². The quantitative estimate of drug-likeness (QED) is 0.173. The zero-order valence-electron chi connectivity index (χ0n) is 29.8. The van der Waals surface area contributed by atoms with E-state index in [2.05, 4.69) is 203 Å². The normalized spacial score (nSPS) is 11.6. The van der Waals surface area contributed by atoms with Crippen LogP contribution in [0.15, 0.2) is 205 Å². The molecule has 0 aliphatic heterocycles. The van der Waals surface area contributed by atoms with Gasteiger partial charge in [0, 0.05) is 50.5 Å². The summed E-state index contributed by atoms with van der Waals surface area (Å²) < 4.78 is 8.50. The van der Waals surface area contributed by atoms with Crippen LogP contribution >= 0.6 is 0 Å². The monoisotopic (exact) mass is 703 g/mol. The van der Waals surface area contributed by atoms with Crippen LogP contribution in [0.4, 0.5) is 17.1 Å². The molecule has 11 rings (SSSR count). The maximum atomic E-state index is 6.10. The van der Waals surface area contributed by atoms with E-state index in [9.17, 15) is 0 Å². The van der Waals surface area contributed by atoms with E-state index in [4.69, 9.17) is 4.42 Å². The molecule has 0 aliphatic rings. The first-order valence-electron chi connectivity index (χ1n) is 18.6. The highest BCUT2D eigenvalue weighted by molar-refractivity contribution is 6.13. The summed E-state index contributed by atoms with van der Waals surface area (Å²) in [5.74, 6) is 0. The fourth-order valence-corrected chi connectivity index (χ4v) is 8.18. The number of fused-ring (bicyclic) bond motifs is 7. The minimum Gasteiger partial charge on any atom is -0.438 e. The molecule has 4 heteroatoms. The van der Waals surface area contributed by atoms with E-state index in [-0.39, 0.29) is 0 Å². The molecular formula is C51H33N3O. The number of rotatable bonds is 6. The Morgan fingerprint density at radius 3 is 1.84 bits per heavy atom. The standard InChI is InChI=1S/C51H33N3O/c1-2-10-34(11-3-1)35-19-23-40(24-20-35)53(43-27-28-50-47(33-43)45-17-9-29-52-51(45)55-50)41-25-21-36(22-26-41)37-14-8-15-42(30-37)54-48-18-7-6-16-44(48)46-31-38-12-4-5-13-39(38)32-49(46)54/h1-33H. The van der Waals surface area contributed by atoms with Gasteiger partial charge >= 0.3 is 0 Å². The third-order valence-electron chi connectivity index (χ3n) is 10.8. The summed E-state index contributed by atoms with van der Waals surface area (Å²) in [6.45, 7) is 0. The lowest BCUT2D eigenvalue weighted by atomic mass is 10.0. The van der Waals surface area contributed by atoms with E-state index >= 15 is 0 Å². The van der Waals surface area contributed by atoms with Crippen molar-refractivity contribution < 1.29 is 4.42 Å². The molecule has 0 amide bonds. The lowest BCUT2D eigenvalue weighted by Gasteiger charge is -2.26. The maximum Gasteiger partial charge on any atom is 0.227 e. The lowest BCUT2D eigenvalue weighted by Crippen LogP contribution is -2.09. The molecule has 0 spiro atoms. The van der Waals surface area contributed by atoms with Crippen molar-refractivity contribution in [3.05, 3.63) is 200 Å². The Morgan fingerprint density at radius 1 is 0.400 bits per heavy atom. The highest BCUT2D eigenvalue weighted by Gasteiger charge is 2.17. The zero-order chi connectivity index (χ0) is 36.3. The molecule has 0 aliphatic carbocycles. The molecule has 258 valence electrons. The first kappa shape index (κ1) is 31.1. The molecule has 3 aromatic heterocycles. The van der Waals surface area contributed by atoms with Crippen LogP contribution in [0.5, 0.6) is 0 Å². The van der Waals surface area contributed by atoms with E-state index in [1.54, 1.807) is 6.20 Å². The average molecular weight is 704 g/mol. The van der Waals surface area contributed by atoms with Crippen LogP contribution in [0.1, 0.15) is 0 Å². The summed E-state index contributed by atoms with van der Waals surface area (Å²) >= 11 is 0. The molecule has 11 aromatic rings. The van der Waals surface area contributed by atoms with Crippen molar-refractivity contribution in [3.63, 3.8) is 0 Å². The van der Waals surface area contributed by atoms with Crippen molar-refractivity contribution >= 4 is 71.7 Å². The van der Waals surface area contributed by atoms with Crippen LogP contribution in [-0.2, 0) is 0 Å². The second-order valence-electron chi connectivity index (χ2n) is 14.1. The number of furan rings is 1. The summed E-state index contributed by atoms with van der Waals surface area (Å²) in [5, 5.41) is 7.06. The van der Waals surface area contributed by atoms with Gasteiger partial charge in [0.2, 0.25) is 5.71 Å². The fourth-order valence-electron chi connectivity index (χ4n) is 8.18. The van der Waals surface area contributed by atoms with E-state index < -0.39 is 0 Å². The number of anilines is 3. The van der Waals surface area contributed by atoms with Crippen LogP contribution in [0.2, 0.25) is 0 Å². The Balaban J connectivity index is 1.01. The van der Waals surface area contributed by atoms with Gasteiger partial charge in [0.15, 0.2) is 0 Å². The summed E-state index contributed by atoms with van der Waals surface area (Å²) in [5.41, 5.74) is 12.9. The van der Waals surface area contributed by atoms with Gasteiger partial charge in [-0.2, -0.15) is 0 Å². The van der Waals surface area contributed by atoms with Crippen molar-refractivity contribution in [1.82, 2.24) is 9.55 Å². The van der Waals surface area contributed by atoms with Gasteiger partial charge in [0.25, 0.3) is 0 Å². The fraction of sp³-hybridized carbons (Fsp3) is 0. The Labute approximate surface area is 317 Å². The SMILES string of the molecule is c1ccc(-c2ccc(N(c3ccc(-c4cccc(-n5c6ccccc6c6cc7ccccc7cc65)c4)cc3)c3ccc4oc5ncccc5c4c3)cc2)cc1. The van der Waals surface area contributed by atoms with Crippen molar-refractivity contribution in [3.8, 4) is 27.9 Å². The van der Waals surface area contributed by atoms with Crippen LogP contribution in [-0.4, -0.2) is 9.55 Å². The minimum absolute atomic E-state index is 0.647. The summed E-state index contributed by atoms with van der Waals surface area (Å²) in [6, 6.07) is 69.5. The molecule has 8 aromatic carbocycles. The molecule has 0 N–H and O–H groups in total. The van der Waals surface area contributed by atoms with Gasteiger partial charge in [-0.05, 0) is 118 Å². The van der Waals surface area contributed by atoms with Gasteiger partial charge in [-0.15, -0.1) is 0 Å². The Bertz CT molecular complexity index is 3190. The number of benzene rings is 8. The number of para-hydroxylation sites is 1. The van der Waals surface area contributed by atoms with Gasteiger partial charge in [0.05, 0.1) is 11.0 Å². The third-order valence-corrected chi connectivity index (χ3v) is 10.8. The summed E-state index contributed by atoms with van der Waals surface area (Å²) in [7, 11) is 0. The molecule has 0 fully saturated rings. The number of aromatic nitrogens is 2. The Morgan fingerprint density at radius 2 is 1.04 bits per heavy atom. The van der Waals surface area contributed by atoms with Gasteiger partial charge in [-0.3, -0.25) is 0 Å². The zero-order valence-corrected chi connectivity index (χ0v) is 29.8. The molecule has 0 radical (unpaired) electrons. The van der Waals surface area contributed by atoms with E-state index in [1.165, 1.54) is 43.7 Å². The largest absolute Gasteiger partial charge is 0.438 e. The maximum absolute atomic E-state index is 6.10. The van der Waals surface area contributed by atoms with Crippen LogP contribution in [0.25, 0.3) is 82.6 Å². The molecule has 0 atom stereocenters. The van der Waals surface area contributed by atoms with Crippen molar-refractivity contribution in [1.29, 1.82) is 0 Å². The Kier molecular flexibility index (Phi) is 7.14. The summed E-state index contributed by atoms with van der Waals surface area (Å²) in [4.78, 5) is 6.78. The smallest absolute Gasteiger partial charge is 0.227 e. The number of hydrogen-bond acceptors (Lipinski definition) is 3. The van der Waals surface area contributed by atoms with E-state index in [0.29, 0.717) is 5.71 Å². The van der Waals surface area contributed by atoms with E-state index in [0.717, 1.165) is 50.2 Å². The van der Waals surface area contributed by atoms with Gasteiger partial charge in [-0.1, -0.05) is 109 Å². The number of hydrogen-bond donors (Lipinski definition) is 0. The minimum atomic E-state index is 0.647. The summed E-state index contributed by atoms with van der Waals surface area (Å²) in [6.07, 6.45) is 1.77. The van der Waals surface area contributed by atoms with Crippen molar-refractivity contribution in [2.75, 3.05) is 4.90 Å². The third kappa shape index (κ3) is 5.26. The predicted molar refractivity (Wildman–Crippen MR) is 229 cm³/mol. The van der Waals surface area contributed by atoms with E-state index in [1.807, 2.05) is 6.07 Å².